The van der Waals surface area contributed by atoms with Crippen molar-refractivity contribution < 1.29 is 28.7 Å². The minimum atomic E-state index is -0.484. The molecule has 39 heavy (non-hydrogen) atoms. The zero-order valence-corrected chi connectivity index (χ0v) is 24.1. The Bertz CT molecular complexity index is 986. The fourth-order valence-corrected chi connectivity index (χ4v) is 5.58. The Labute approximate surface area is 232 Å². The third kappa shape index (κ3) is 7.97. The quantitative estimate of drug-likeness (QED) is 0.334. The lowest BCUT2D eigenvalue weighted by Gasteiger charge is -2.41. The van der Waals surface area contributed by atoms with Gasteiger partial charge >= 0.3 is 12.1 Å². The van der Waals surface area contributed by atoms with Gasteiger partial charge in [0.1, 0.15) is 6.61 Å². The first-order valence-electron chi connectivity index (χ1n) is 14.6. The zero-order valence-electron chi connectivity index (χ0n) is 24.1. The van der Waals surface area contributed by atoms with E-state index in [0.717, 1.165) is 38.5 Å². The lowest BCUT2D eigenvalue weighted by atomic mass is 9.90. The summed E-state index contributed by atoms with van der Waals surface area (Å²) in [5, 5.41) is 2.71. The molecule has 0 aromatic carbocycles. The van der Waals surface area contributed by atoms with Gasteiger partial charge in [-0.2, -0.15) is 0 Å². The van der Waals surface area contributed by atoms with Crippen LogP contribution < -0.4 is 5.32 Å². The molecule has 3 aliphatic carbocycles. The summed E-state index contributed by atoms with van der Waals surface area (Å²) in [5.41, 5.74) is -0.860. The standard InChI is InChI=1S/C30H45N3O6/c1-29(2,3)25(34)18-32-15-16-33(17-21(32)19-38-27(36)30(4)12-13-30)26(35)11-14-31-28(37)39-20-24-22-9-7-5-6-8-10-23(22)24/h21-24H,7-20H2,1-4H3,(H,31,37)/t21?,22-,23+,24?. The van der Waals surface area contributed by atoms with E-state index in [9.17, 15) is 19.2 Å². The summed E-state index contributed by atoms with van der Waals surface area (Å²) < 4.78 is 11.1. The molecule has 3 fully saturated rings. The van der Waals surface area contributed by atoms with Crippen LogP contribution in [0, 0.1) is 40.4 Å². The van der Waals surface area contributed by atoms with E-state index in [-0.39, 0.29) is 55.2 Å². The van der Waals surface area contributed by atoms with E-state index in [1.165, 1.54) is 0 Å². The predicted molar refractivity (Wildman–Crippen MR) is 145 cm³/mol. The number of nitrogens with one attached hydrogen (secondary N) is 1. The number of rotatable bonds is 10. The lowest BCUT2D eigenvalue weighted by Crippen LogP contribution is -2.58. The maximum absolute atomic E-state index is 13.0. The molecule has 2 amide bonds. The van der Waals surface area contributed by atoms with Gasteiger partial charge in [0, 0.05) is 50.9 Å². The molecule has 0 aromatic heterocycles. The second kappa shape index (κ2) is 12.3. The molecular weight excluding hydrogens is 498 g/mol. The lowest BCUT2D eigenvalue weighted by molar-refractivity contribution is -0.153. The Balaban J connectivity index is 1.20. The van der Waals surface area contributed by atoms with Gasteiger partial charge in [0.25, 0.3) is 0 Å². The number of ether oxygens (including phenoxy) is 2. The largest absolute Gasteiger partial charge is 0.464 e. The molecule has 0 radical (unpaired) electrons. The summed E-state index contributed by atoms with van der Waals surface area (Å²) in [6.45, 7) is 9.99. The van der Waals surface area contributed by atoms with E-state index in [0.29, 0.717) is 44.0 Å². The average Bonchev–Trinajstić information content (AvgIpc) is 3.77. The van der Waals surface area contributed by atoms with Gasteiger partial charge in [-0.15, -0.1) is 11.8 Å². The summed E-state index contributed by atoms with van der Waals surface area (Å²) in [6, 6.07) is -0.251. The number of carbonyl (C=O) groups is 4. The number of piperazine rings is 1. The SMILES string of the molecule is CC(C)(C)C(=O)CN1CCN(C(=O)CCNC(=O)OCC2[C@H]3CCC#CCC[C@@H]23)CC1COC(=O)C1(C)CC1. The number of carbonyl (C=O) groups excluding carboxylic acids is 4. The first-order chi connectivity index (χ1) is 18.5. The molecular formula is C30H45N3O6. The Hall–Kier alpha value is -2.60. The first-order valence-corrected chi connectivity index (χ1v) is 14.6. The second-order valence-corrected chi connectivity index (χ2v) is 13.0. The molecule has 0 bridgehead atoms. The van der Waals surface area contributed by atoms with Crippen molar-refractivity contribution in [2.75, 3.05) is 45.9 Å². The van der Waals surface area contributed by atoms with Crippen molar-refractivity contribution in [3.05, 3.63) is 0 Å². The van der Waals surface area contributed by atoms with Crippen LogP contribution in [0.4, 0.5) is 4.79 Å². The van der Waals surface area contributed by atoms with Crippen LogP contribution in [0.2, 0.25) is 0 Å². The van der Waals surface area contributed by atoms with Crippen molar-refractivity contribution in [3.63, 3.8) is 0 Å². The third-order valence-electron chi connectivity index (χ3n) is 8.89. The van der Waals surface area contributed by atoms with Crippen molar-refractivity contribution in [2.24, 2.45) is 28.6 Å². The minimum Gasteiger partial charge on any atom is -0.464 e. The molecule has 216 valence electrons. The van der Waals surface area contributed by atoms with Gasteiger partial charge in [-0.3, -0.25) is 19.3 Å². The molecule has 4 aliphatic rings. The predicted octanol–water partition coefficient (Wildman–Crippen LogP) is 3.01. The molecule has 0 spiro atoms. The summed E-state index contributed by atoms with van der Waals surface area (Å²) in [6.07, 6.45) is 5.36. The molecule has 1 aliphatic heterocycles. The molecule has 0 aromatic rings. The molecule has 1 N–H and O–H groups in total. The van der Waals surface area contributed by atoms with E-state index in [1.807, 2.05) is 32.6 Å². The summed E-state index contributed by atoms with van der Waals surface area (Å²) >= 11 is 0. The van der Waals surface area contributed by atoms with E-state index in [1.54, 1.807) is 4.90 Å². The topological polar surface area (TPSA) is 105 Å². The van der Waals surface area contributed by atoms with Crippen molar-refractivity contribution in [1.29, 1.82) is 0 Å². The van der Waals surface area contributed by atoms with E-state index < -0.39 is 11.5 Å². The molecule has 9 heteroatoms. The van der Waals surface area contributed by atoms with Crippen LogP contribution in [-0.2, 0) is 23.9 Å². The van der Waals surface area contributed by atoms with Crippen LogP contribution in [0.1, 0.15) is 72.6 Å². The van der Waals surface area contributed by atoms with E-state index in [4.69, 9.17) is 9.47 Å². The molecule has 1 saturated heterocycles. The Morgan fingerprint density at radius 2 is 1.64 bits per heavy atom. The van der Waals surface area contributed by atoms with Gasteiger partial charge in [-0.25, -0.2) is 4.79 Å². The highest BCUT2D eigenvalue weighted by Gasteiger charge is 2.49. The molecule has 4 atom stereocenters. The highest BCUT2D eigenvalue weighted by Crippen LogP contribution is 2.52. The molecule has 2 unspecified atom stereocenters. The highest BCUT2D eigenvalue weighted by atomic mass is 16.5. The fourth-order valence-electron chi connectivity index (χ4n) is 5.58. The van der Waals surface area contributed by atoms with Crippen molar-refractivity contribution >= 4 is 23.8 Å². The van der Waals surface area contributed by atoms with Crippen LogP contribution in [0.3, 0.4) is 0 Å². The maximum atomic E-state index is 13.0. The van der Waals surface area contributed by atoms with E-state index >= 15 is 0 Å². The van der Waals surface area contributed by atoms with Crippen LogP contribution in [0.25, 0.3) is 0 Å². The summed E-state index contributed by atoms with van der Waals surface area (Å²) in [5.74, 6) is 7.86. The number of hydrogen-bond acceptors (Lipinski definition) is 7. The number of ketones is 1. The number of Topliss-reactive ketones (excluding diaryl/α,β-unsaturated/α-hetero) is 1. The van der Waals surface area contributed by atoms with Gasteiger partial charge in [0.2, 0.25) is 5.91 Å². The molecule has 2 saturated carbocycles. The normalized spacial score (nSPS) is 27.5. The second-order valence-electron chi connectivity index (χ2n) is 13.0. The highest BCUT2D eigenvalue weighted by molar-refractivity contribution is 5.85. The van der Waals surface area contributed by atoms with Gasteiger partial charge in [0.15, 0.2) is 5.78 Å². The molecule has 1 heterocycles. The monoisotopic (exact) mass is 543 g/mol. The summed E-state index contributed by atoms with van der Waals surface area (Å²) in [4.78, 5) is 54.1. The molecule has 4 rings (SSSR count). The smallest absolute Gasteiger partial charge is 0.407 e. The molecule has 9 nitrogen and oxygen atoms in total. The van der Waals surface area contributed by atoms with Crippen LogP contribution in [0.5, 0.6) is 0 Å². The minimum absolute atomic E-state index is 0.0803. The van der Waals surface area contributed by atoms with Crippen molar-refractivity contribution in [1.82, 2.24) is 15.1 Å². The Morgan fingerprint density at radius 1 is 0.974 bits per heavy atom. The number of amides is 2. The number of hydrogen-bond donors (Lipinski definition) is 1. The number of alkyl carbamates (subject to hydrolysis) is 1. The van der Waals surface area contributed by atoms with Gasteiger partial charge in [-0.05, 0) is 50.4 Å². The van der Waals surface area contributed by atoms with Gasteiger partial charge < -0.3 is 19.7 Å². The average molecular weight is 544 g/mol. The summed E-state index contributed by atoms with van der Waals surface area (Å²) in [7, 11) is 0. The fraction of sp³-hybridized carbons (Fsp3) is 0.800. The van der Waals surface area contributed by atoms with Crippen LogP contribution in [-0.4, -0.2) is 85.5 Å². The Morgan fingerprint density at radius 3 is 2.26 bits per heavy atom. The van der Waals surface area contributed by atoms with Gasteiger partial charge in [-0.1, -0.05) is 20.8 Å². The number of fused-ring (bicyclic) bond motifs is 1. The van der Waals surface area contributed by atoms with Crippen LogP contribution >= 0.6 is 0 Å². The van der Waals surface area contributed by atoms with Crippen molar-refractivity contribution in [2.45, 2.75) is 78.7 Å². The third-order valence-corrected chi connectivity index (χ3v) is 8.89. The Kier molecular flexibility index (Phi) is 9.25. The first kappa shape index (κ1) is 29.4. The van der Waals surface area contributed by atoms with Crippen molar-refractivity contribution in [3.8, 4) is 11.8 Å². The number of esters is 1. The number of nitrogens with zero attached hydrogens (tertiary/aromatic N) is 2. The maximum Gasteiger partial charge on any atom is 0.407 e. The zero-order chi connectivity index (χ0) is 28.2. The van der Waals surface area contributed by atoms with Crippen LogP contribution in [0.15, 0.2) is 0 Å². The van der Waals surface area contributed by atoms with E-state index in [2.05, 4.69) is 17.2 Å². The van der Waals surface area contributed by atoms with Gasteiger partial charge in [0.05, 0.1) is 24.6 Å².